The highest BCUT2D eigenvalue weighted by molar-refractivity contribution is 7.91. The van der Waals surface area contributed by atoms with Gasteiger partial charge in [0, 0.05) is 49.9 Å². The molecular formula is C42H64N4O4S. The molecule has 0 amide bonds. The average molecular weight is 721 g/mol. The maximum atomic E-state index is 12.1. The third kappa shape index (κ3) is 5.90. The molecule has 282 valence electrons. The van der Waals surface area contributed by atoms with Gasteiger partial charge in [0.05, 0.1) is 30.7 Å². The van der Waals surface area contributed by atoms with E-state index in [0.717, 1.165) is 32.5 Å². The summed E-state index contributed by atoms with van der Waals surface area (Å²) in [4.78, 5) is 19.5. The third-order valence-corrected chi connectivity index (χ3v) is 17.9. The van der Waals surface area contributed by atoms with Crippen LogP contribution in [0.25, 0.3) is 5.57 Å². The van der Waals surface area contributed by atoms with Crippen molar-refractivity contribution in [3.8, 4) is 0 Å². The molecule has 3 saturated carbocycles. The summed E-state index contributed by atoms with van der Waals surface area (Å²) in [6, 6.07) is 8.09. The molecule has 9 heteroatoms. The van der Waals surface area contributed by atoms with E-state index < -0.39 is 9.84 Å². The third-order valence-electron chi connectivity index (χ3n) is 16.3. The van der Waals surface area contributed by atoms with Gasteiger partial charge in [0.2, 0.25) is 0 Å². The Morgan fingerprint density at radius 3 is 2.37 bits per heavy atom. The van der Waals surface area contributed by atoms with Crippen LogP contribution in [0.2, 0.25) is 0 Å². The highest BCUT2D eigenvalue weighted by Crippen LogP contribution is 2.75. The van der Waals surface area contributed by atoms with Gasteiger partial charge in [-0.3, -0.25) is 4.99 Å². The monoisotopic (exact) mass is 720 g/mol. The Balaban J connectivity index is 1.15. The Bertz CT molecular complexity index is 1660. The molecule has 4 fully saturated rings. The van der Waals surface area contributed by atoms with Gasteiger partial charge < -0.3 is 20.7 Å². The molecule has 2 heterocycles. The number of fused-ring (bicyclic) bond motifs is 7. The van der Waals surface area contributed by atoms with Gasteiger partial charge >= 0.3 is 5.97 Å². The van der Waals surface area contributed by atoms with Crippen molar-refractivity contribution < 1.29 is 17.9 Å². The van der Waals surface area contributed by atoms with Gasteiger partial charge in [-0.05, 0) is 120 Å². The lowest BCUT2D eigenvalue weighted by molar-refractivity contribution is -0.223. The molecule has 1 saturated heterocycles. The maximum Gasteiger partial charge on any atom is 0.337 e. The average Bonchev–Trinajstić information content (AvgIpc) is 3.08. The van der Waals surface area contributed by atoms with Gasteiger partial charge in [-0.15, -0.1) is 0 Å². The number of carbonyl (C=O) groups excluding carboxylic acids is 1. The number of sulfone groups is 1. The molecule has 10 unspecified atom stereocenters. The number of aliphatic imine (C=N–C) groups is 1. The number of hydrogen-bond donors (Lipinski definition) is 2. The van der Waals surface area contributed by atoms with Gasteiger partial charge in [0.25, 0.3) is 0 Å². The number of ether oxygens (including phenoxy) is 1. The van der Waals surface area contributed by atoms with Crippen molar-refractivity contribution in [2.75, 3.05) is 51.3 Å². The van der Waals surface area contributed by atoms with Crippen molar-refractivity contribution in [3.05, 3.63) is 41.5 Å². The summed E-state index contributed by atoms with van der Waals surface area (Å²) in [5.74, 6) is 2.73. The molecule has 1 aromatic carbocycles. The van der Waals surface area contributed by atoms with Crippen LogP contribution in [-0.2, 0) is 14.6 Å². The summed E-state index contributed by atoms with van der Waals surface area (Å²) < 4.78 is 29.1. The molecule has 0 bridgehead atoms. The second kappa shape index (κ2) is 13.1. The summed E-state index contributed by atoms with van der Waals surface area (Å²) in [6.45, 7) is 18.9. The predicted molar refractivity (Wildman–Crippen MR) is 206 cm³/mol. The Labute approximate surface area is 307 Å². The van der Waals surface area contributed by atoms with Crippen LogP contribution in [0, 0.1) is 51.2 Å². The fourth-order valence-corrected chi connectivity index (χ4v) is 14.7. The van der Waals surface area contributed by atoms with E-state index in [2.05, 4.69) is 76.2 Å². The normalized spacial score (nSPS) is 42.0. The van der Waals surface area contributed by atoms with E-state index in [1.165, 1.54) is 50.4 Å². The molecule has 0 aromatic heterocycles. The fraction of sp³-hybridized carbons (Fsp3) is 0.762. The Kier molecular flexibility index (Phi) is 9.53. The number of hydrogen-bond acceptors (Lipinski definition) is 8. The van der Waals surface area contributed by atoms with Crippen LogP contribution in [0.5, 0.6) is 0 Å². The van der Waals surface area contributed by atoms with E-state index in [1.807, 2.05) is 12.1 Å². The van der Waals surface area contributed by atoms with E-state index in [-0.39, 0.29) is 56.6 Å². The smallest absolute Gasteiger partial charge is 0.337 e. The topological polar surface area (TPSA) is 114 Å². The minimum Gasteiger partial charge on any atom is -0.465 e. The van der Waals surface area contributed by atoms with Crippen LogP contribution in [0.3, 0.4) is 0 Å². The highest BCUT2D eigenvalue weighted by Gasteiger charge is 2.70. The number of methoxy groups -OCH3 is 1. The molecule has 10 atom stereocenters. The number of nitrogens with two attached hydrogens (primary N) is 1. The molecule has 51 heavy (non-hydrogen) atoms. The first kappa shape index (κ1) is 37.3. The zero-order valence-electron chi connectivity index (χ0n) is 32.3. The molecule has 2 aliphatic heterocycles. The van der Waals surface area contributed by atoms with Crippen molar-refractivity contribution in [3.63, 3.8) is 0 Å². The van der Waals surface area contributed by atoms with Gasteiger partial charge in [-0.2, -0.15) is 0 Å². The van der Waals surface area contributed by atoms with E-state index in [9.17, 15) is 13.2 Å². The largest absolute Gasteiger partial charge is 0.465 e. The van der Waals surface area contributed by atoms with Crippen molar-refractivity contribution in [1.29, 1.82) is 0 Å². The SMILES string of the molecule is COC(=O)c1ccc(C2=CCC3(C)C(CCC4(C)C3CCC3C5C(C(C)N)C=NCC5(NCCN5CCS(=O)(=O)CC5)CCC34C)C2(C)C)cc1. The number of esters is 1. The summed E-state index contributed by atoms with van der Waals surface area (Å²) >= 11 is 0. The molecular weight excluding hydrogens is 657 g/mol. The van der Waals surface area contributed by atoms with Crippen molar-refractivity contribution in [1.82, 2.24) is 10.2 Å². The number of nitrogens with one attached hydrogen (secondary N) is 1. The van der Waals surface area contributed by atoms with E-state index in [1.54, 1.807) is 0 Å². The number of nitrogens with zero attached hydrogens (tertiary/aromatic N) is 2. The second-order valence-electron chi connectivity index (χ2n) is 18.8. The van der Waals surface area contributed by atoms with Crippen molar-refractivity contribution >= 4 is 27.6 Å². The highest BCUT2D eigenvalue weighted by atomic mass is 32.2. The van der Waals surface area contributed by atoms with Crippen LogP contribution in [0.15, 0.2) is 35.3 Å². The standard InChI is InChI=1S/C42H64N4O4S/c1-28(43)31-26-44-27-42(45-20-21-46-22-24-51(48,49)25-23-46)19-18-40(5)33(36(31)42)12-13-35-39(4)16-14-32(29-8-10-30(11-9-29)37(47)50-7)38(2,3)34(39)15-17-41(35,40)6/h8-11,14,26,28,31,33-36,45H,12-13,15-25,27,43H2,1-7H3. The summed E-state index contributed by atoms with van der Waals surface area (Å²) in [6.07, 6.45) is 13.2. The number of benzene rings is 1. The van der Waals surface area contributed by atoms with Gasteiger partial charge in [0.15, 0.2) is 9.84 Å². The first-order valence-corrected chi connectivity index (χ1v) is 21.7. The lowest BCUT2D eigenvalue weighted by Gasteiger charge is -2.73. The minimum absolute atomic E-state index is 0.0168. The number of allylic oxidation sites excluding steroid dienone is 2. The van der Waals surface area contributed by atoms with Crippen LogP contribution < -0.4 is 11.1 Å². The zero-order valence-corrected chi connectivity index (χ0v) is 33.2. The number of carbonyl (C=O) groups is 1. The van der Waals surface area contributed by atoms with Gasteiger partial charge in [-0.25, -0.2) is 13.2 Å². The van der Waals surface area contributed by atoms with E-state index in [0.29, 0.717) is 42.3 Å². The second-order valence-corrected chi connectivity index (χ2v) is 21.1. The molecule has 7 rings (SSSR count). The molecule has 3 N–H and O–H groups in total. The van der Waals surface area contributed by atoms with Crippen molar-refractivity contribution in [2.45, 2.75) is 98.1 Å². The predicted octanol–water partition coefficient (Wildman–Crippen LogP) is 6.26. The van der Waals surface area contributed by atoms with Crippen LogP contribution in [0.4, 0.5) is 0 Å². The fourth-order valence-electron chi connectivity index (χ4n) is 13.5. The lowest BCUT2D eigenvalue weighted by Crippen LogP contribution is -2.72. The lowest BCUT2D eigenvalue weighted by atomic mass is 9.32. The van der Waals surface area contributed by atoms with Crippen LogP contribution >= 0.6 is 0 Å². The Morgan fingerprint density at radius 1 is 1.00 bits per heavy atom. The van der Waals surface area contributed by atoms with E-state index in [4.69, 9.17) is 15.5 Å². The van der Waals surface area contributed by atoms with Crippen LogP contribution in [0.1, 0.15) is 102 Å². The molecule has 8 nitrogen and oxygen atoms in total. The number of rotatable bonds is 7. The quantitative estimate of drug-likeness (QED) is 0.320. The Hall–Kier alpha value is -2.07. The molecule has 0 radical (unpaired) electrons. The first-order chi connectivity index (χ1) is 24.0. The molecule has 1 aromatic rings. The molecule has 6 aliphatic rings. The maximum absolute atomic E-state index is 12.1. The molecule has 4 aliphatic carbocycles. The van der Waals surface area contributed by atoms with Crippen LogP contribution in [-0.4, -0.2) is 88.4 Å². The first-order valence-electron chi connectivity index (χ1n) is 19.8. The van der Waals surface area contributed by atoms with E-state index >= 15 is 0 Å². The summed E-state index contributed by atoms with van der Waals surface area (Å²) in [7, 11) is -1.45. The summed E-state index contributed by atoms with van der Waals surface area (Å²) in [5, 5.41) is 4.13. The van der Waals surface area contributed by atoms with Crippen molar-refractivity contribution in [2.24, 2.45) is 62.0 Å². The van der Waals surface area contributed by atoms with Gasteiger partial charge in [0.1, 0.15) is 0 Å². The minimum atomic E-state index is -2.89. The Morgan fingerprint density at radius 2 is 1.71 bits per heavy atom. The summed E-state index contributed by atoms with van der Waals surface area (Å²) in [5.41, 5.74) is 10.7. The van der Waals surface area contributed by atoms with Gasteiger partial charge in [-0.1, -0.05) is 52.8 Å². The molecule has 0 spiro atoms. The zero-order chi connectivity index (χ0) is 36.6.